The van der Waals surface area contributed by atoms with Gasteiger partial charge in [-0.3, -0.25) is 0 Å². The summed E-state index contributed by atoms with van der Waals surface area (Å²) in [5.74, 6) is 0. The third-order valence-electron chi connectivity index (χ3n) is 2.54. The lowest BCUT2D eigenvalue weighted by molar-refractivity contribution is 0.558. The average Bonchev–Trinajstić information content (AvgIpc) is 2.39. The molecule has 17 heavy (non-hydrogen) atoms. The molecule has 0 amide bonds. The molecule has 82 valence electrons. The van der Waals surface area contributed by atoms with Gasteiger partial charge in [0, 0.05) is 5.56 Å². The zero-order chi connectivity index (χ0) is 11.7. The Morgan fingerprint density at radius 1 is 0.882 bits per heavy atom. The highest BCUT2D eigenvalue weighted by Gasteiger charge is 2.08. The molecule has 3 heteroatoms. The van der Waals surface area contributed by atoms with Crippen molar-refractivity contribution in [3.8, 4) is 11.3 Å². The maximum atomic E-state index is 11.8. The van der Waals surface area contributed by atoms with Crippen molar-refractivity contribution in [1.82, 2.24) is 4.98 Å². The largest absolute Gasteiger partial charge is 0.419 e. The van der Waals surface area contributed by atoms with Gasteiger partial charge in [0.15, 0.2) is 11.3 Å². The van der Waals surface area contributed by atoms with Crippen LogP contribution in [0, 0.1) is 0 Å². The summed E-state index contributed by atoms with van der Waals surface area (Å²) in [4.78, 5) is 16.1. The lowest BCUT2D eigenvalue weighted by Crippen LogP contribution is -2.05. The van der Waals surface area contributed by atoms with E-state index in [2.05, 4.69) is 4.98 Å². The fourth-order valence-corrected chi connectivity index (χ4v) is 1.73. The van der Waals surface area contributed by atoms with Crippen LogP contribution in [0.2, 0.25) is 0 Å². The second-order valence-electron chi connectivity index (χ2n) is 3.68. The van der Waals surface area contributed by atoms with E-state index in [4.69, 9.17) is 4.42 Å². The van der Waals surface area contributed by atoms with Gasteiger partial charge >= 0.3 is 5.63 Å². The first-order valence-electron chi connectivity index (χ1n) is 5.30. The number of hydrogen-bond donors (Lipinski definition) is 0. The Morgan fingerprint density at radius 2 is 1.59 bits per heavy atom. The Balaban J connectivity index is 2.31. The van der Waals surface area contributed by atoms with Gasteiger partial charge in [0.25, 0.3) is 0 Å². The van der Waals surface area contributed by atoms with E-state index < -0.39 is 5.63 Å². The molecule has 0 saturated carbocycles. The molecule has 0 aliphatic rings. The third-order valence-corrected chi connectivity index (χ3v) is 2.54. The lowest BCUT2D eigenvalue weighted by atomic mass is 10.1. The number of rotatable bonds is 1. The third kappa shape index (κ3) is 1.72. The summed E-state index contributed by atoms with van der Waals surface area (Å²) >= 11 is 0. The first-order valence-corrected chi connectivity index (χ1v) is 5.30. The Morgan fingerprint density at radius 3 is 2.41 bits per heavy atom. The van der Waals surface area contributed by atoms with Gasteiger partial charge in [0.05, 0.1) is 0 Å². The van der Waals surface area contributed by atoms with Gasteiger partial charge in [-0.2, -0.15) is 0 Å². The quantitative estimate of drug-likeness (QED) is 0.637. The second-order valence-corrected chi connectivity index (χ2v) is 3.68. The summed E-state index contributed by atoms with van der Waals surface area (Å²) in [6, 6.07) is 16.5. The Bertz CT molecular complexity index is 717. The maximum absolute atomic E-state index is 11.8. The molecule has 1 aromatic heterocycles. The topological polar surface area (TPSA) is 43.1 Å². The van der Waals surface area contributed by atoms with E-state index in [1.54, 1.807) is 6.07 Å². The predicted molar refractivity (Wildman–Crippen MR) is 65.7 cm³/mol. The average molecular weight is 223 g/mol. The minimum Gasteiger partial charge on any atom is -0.419 e. The number of para-hydroxylation sites is 2. The zero-order valence-electron chi connectivity index (χ0n) is 8.96. The van der Waals surface area contributed by atoms with Gasteiger partial charge in [-0.15, -0.1) is 0 Å². The molecule has 0 aliphatic heterocycles. The summed E-state index contributed by atoms with van der Waals surface area (Å²) in [6.45, 7) is 0. The summed E-state index contributed by atoms with van der Waals surface area (Å²) in [6.07, 6.45) is 0. The Labute approximate surface area is 97.4 Å². The normalized spacial score (nSPS) is 10.6. The van der Waals surface area contributed by atoms with Crippen LogP contribution in [-0.2, 0) is 0 Å². The minimum absolute atomic E-state index is 0.351. The standard InChI is InChI=1S/C14H9NO2/c16-14-13(10-6-2-1-3-7-10)15-11-8-4-5-9-12(11)17-14/h1-9H. The van der Waals surface area contributed by atoms with Crippen LogP contribution in [0.25, 0.3) is 22.4 Å². The van der Waals surface area contributed by atoms with Gasteiger partial charge in [0.2, 0.25) is 0 Å². The van der Waals surface area contributed by atoms with Crippen molar-refractivity contribution in [2.75, 3.05) is 0 Å². The van der Waals surface area contributed by atoms with Crippen LogP contribution in [0.3, 0.4) is 0 Å². The van der Waals surface area contributed by atoms with Crippen molar-refractivity contribution in [2.24, 2.45) is 0 Å². The van der Waals surface area contributed by atoms with Crippen molar-refractivity contribution >= 4 is 11.1 Å². The van der Waals surface area contributed by atoms with Crippen molar-refractivity contribution in [3.63, 3.8) is 0 Å². The number of benzene rings is 2. The van der Waals surface area contributed by atoms with E-state index in [0.29, 0.717) is 16.8 Å². The van der Waals surface area contributed by atoms with Crippen LogP contribution in [0.1, 0.15) is 0 Å². The molecule has 0 unspecified atom stereocenters. The van der Waals surface area contributed by atoms with Crippen LogP contribution >= 0.6 is 0 Å². The predicted octanol–water partition coefficient (Wildman–Crippen LogP) is 2.86. The molecule has 0 atom stereocenters. The number of nitrogens with zero attached hydrogens (tertiary/aromatic N) is 1. The first kappa shape index (κ1) is 9.78. The number of hydrogen-bond acceptors (Lipinski definition) is 3. The second kappa shape index (κ2) is 3.87. The van der Waals surface area contributed by atoms with Gasteiger partial charge in [-0.05, 0) is 12.1 Å². The van der Waals surface area contributed by atoms with Crippen LogP contribution in [-0.4, -0.2) is 4.98 Å². The lowest BCUT2D eigenvalue weighted by Gasteiger charge is -2.00. The summed E-state index contributed by atoms with van der Waals surface area (Å²) in [7, 11) is 0. The van der Waals surface area contributed by atoms with E-state index in [-0.39, 0.29) is 0 Å². The van der Waals surface area contributed by atoms with E-state index in [1.807, 2.05) is 48.5 Å². The van der Waals surface area contributed by atoms with Gasteiger partial charge in [-0.1, -0.05) is 42.5 Å². The van der Waals surface area contributed by atoms with Crippen LogP contribution in [0.5, 0.6) is 0 Å². The van der Waals surface area contributed by atoms with Gasteiger partial charge in [-0.25, -0.2) is 9.78 Å². The molecule has 0 aliphatic carbocycles. The molecule has 3 rings (SSSR count). The van der Waals surface area contributed by atoms with Crippen LogP contribution in [0.4, 0.5) is 0 Å². The van der Waals surface area contributed by atoms with E-state index in [0.717, 1.165) is 5.56 Å². The Hall–Kier alpha value is -2.42. The van der Waals surface area contributed by atoms with Crippen LogP contribution in [0.15, 0.2) is 63.8 Å². The smallest absolute Gasteiger partial charge is 0.363 e. The molecular weight excluding hydrogens is 214 g/mol. The molecule has 1 heterocycles. The van der Waals surface area contributed by atoms with Crippen molar-refractivity contribution in [2.45, 2.75) is 0 Å². The fraction of sp³-hybridized carbons (Fsp3) is 0. The van der Waals surface area contributed by atoms with Crippen molar-refractivity contribution in [3.05, 3.63) is 65.0 Å². The highest BCUT2D eigenvalue weighted by Crippen LogP contribution is 2.16. The van der Waals surface area contributed by atoms with E-state index in [9.17, 15) is 4.79 Å². The van der Waals surface area contributed by atoms with Crippen LogP contribution < -0.4 is 5.63 Å². The molecule has 0 fully saturated rings. The van der Waals surface area contributed by atoms with Gasteiger partial charge < -0.3 is 4.42 Å². The SMILES string of the molecule is O=c1oc2ccccc2nc1-c1ccccc1. The van der Waals surface area contributed by atoms with Crippen molar-refractivity contribution < 1.29 is 4.42 Å². The zero-order valence-corrected chi connectivity index (χ0v) is 8.96. The van der Waals surface area contributed by atoms with Crippen molar-refractivity contribution in [1.29, 1.82) is 0 Å². The van der Waals surface area contributed by atoms with Gasteiger partial charge in [0.1, 0.15) is 5.52 Å². The number of fused-ring (bicyclic) bond motifs is 1. The molecule has 0 saturated heterocycles. The molecule has 3 nitrogen and oxygen atoms in total. The molecule has 0 spiro atoms. The Kier molecular flexibility index (Phi) is 2.22. The molecular formula is C14H9NO2. The highest BCUT2D eigenvalue weighted by atomic mass is 16.4. The van der Waals surface area contributed by atoms with E-state index in [1.165, 1.54) is 0 Å². The molecule has 0 N–H and O–H groups in total. The summed E-state index contributed by atoms with van der Waals surface area (Å²) in [5, 5.41) is 0. The highest BCUT2D eigenvalue weighted by molar-refractivity contribution is 5.74. The number of aromatic nitrogens is 1. The minimum atomic E-state index is -0.407. The summed E-state index contributed by atoms with van der Waals surface area (Å²) < 4.78 is 5.23. The monoisotopic (exact) mass is 223 g/mol. The molecule has 0 radical (unpaired) electrons. The van der Waals surface area contributed by atoms with E-state index >= 15 is 0 Å². The molecule has 3 aromatic rings. The molecule has 0 bridgehead atoms. The first-order chi connectivity index (χ1) is 8.34. The maximum Gasteiger partial charge on any atom is 0.363 e. The summed E-state index contributed by atoms with van der Waals surface area (Å²) in [5.41, 5.74) is 1.91. The molecule has 2 aromatic carbocycles. The fourth-order valence-electron chi connectivity index (χ4n) is 1.73.